The van der Waals surface area contributed by atoms with Crippen LogP contribution in [0.3, 0.4) is 0 Å². The van der Waals surface area contributed by atoms with Gasteiger partial charge < -0.3 is 5.73 Å². The van der Waals surface area contributed by atoms with Gasteiger partial charge in [-0.15, -0.1) is 0 Å². The fraction of sp³-hybridized carbons (Fsp3) is 0. The number of nitrogens with zero attached hydrogens (tertiary/aromatic N) is 1. The van der Waals surface area contributed by atoms with Gasteiger partial charge in [-0.1, -0.05) is 11.6 Å². The minimum atomic E-state index is 0.146. The summed E-state index contributed by atoms with van der Waals surface area (Å²) in [6.07, 6.45) is 1.50. The average Bonchev–Trinajstić information content (AvgIpc) is 1.85. The summed E-state index contributed by atoms with van der Waals surface area (Å²) in [5, 5.41) is 7.66. The highest BCUT2D eigenvalue weighted by atomic mass is 79.9. The van der Waals surface area contributed by atoms with Crippen molar-refractivity contribution >= 4 is 38.0 Å². The lowest BCUT2D eigenvalue weighted by molar-refractivity contribution is 1.32. The van der Waals surface area contributed by atoms with E-state index >= 15 is 0 Å². The molecule has 0 unspecified atom stereocenters. The van der Waals surface area contributed by atoms with E-state index in [1.165, 1.54) is 6.20 Å². The van der Waals surface area contributed by atoms with Gasteiger partial charge in [-0.05, 0) is 22.0 Å². The molecule has 0 spiro atoms. The monoisotopic (exact) mass is 233 g/mol. The molecule has 0 aromatic carbocycles. The Kier molecular flexibility index (Phi) is 2.46. The van der Waals surface area contributed by atoms with E-state index in [9.17, 15) is 0 Å². The fourth-order valence-corrected chi connectivity index (χ4v) is 1.45. The van der Waals surface area contributed by atoms with Gasteiger partial charge in [0.05, 0.1) is 10.6 Å². The third-order valence-electron chi connectivity index (χ3n) is 1.15. The summed E-state index contributed by atoms with van der Waals surface area (Å²) in [7, 11) is 0. The Morgan fingerprint density at radius 1 is 1.73 bits per heavy atom. The lowest BCUT2D eigenvalue weighted by Gasteiger charge is -2.01. The molecule has 58 valence electrons. The minimum absolute atomic E-state index is 0.146. The molecule has 0 saturated heterocycles. The van der Waals surface area contributed by atoms with E-state index in [-0.39, 0.29) is 10.4 Å². The zero-order valence-corrected chi connectivity index (χ0v) is 7.78. The highest BCUT2D eigenvalue weighted by molar-refractivity contribution is 9.18. The molecule has 0 fully saturated rings. The molecule has 5 heteroatoms. The molecule has 0 aliphatic heterocycles. The SMILES string of the molecule is N=C(Br)c1c(Cl)ccnc1N. The Morgan fingerprint density at radius 3 is 2.73 bits per heavy atom. The normalized spacial score (nSPS) is 9.64. The number of nitrogens with one attached hydrogen (secondary N) is 1. The van der Waals surface area contributed by atoms with Crippen LogP contribution in [0.5, 0.6) is 0 Å². The lowest BCUT2D eigenvalue weighted by atomic mass is 10.3. The Hall–Kier alpha value is -0.610. The van der Waals surface area contributed by atoms with E-state index < -0.39 is 0 Å². The van der Waals surface area contributed by atoms with E-state index in [0.29, 0.717) is 10.6 Å². The van der Waals surface area contributed by atoms with Gasteiger partial charge in [0.1, 0.15) is 10.4 Å². The van der Waals surface area contributed by atoms with Gasteiger partial charge in [0, 0.05) is 6.20 Å². The van der Waals surface area contributed by atoms with E-state index in [1.807, 2.05) is 0 Å². The van der Waals surface area contributed by atoms with E-state index in [4.69, 9.17) is 22.7 Å². The summed E-state index contributed by atoms with van der Waals surface area (Å²) in [6, 6.07) is 1.59. The van der Waals surface area contributed by atoms with Gasteiger partial charge in [-0.2, -0.15) is 0 Å². The van der Waals surface area contributed by atoms with E-state index in [1.54, 1.807) is 6.07 Å². The third kappa shape index (κ3) is 1.70. The maximum absolute atomic E-state index is 7.23. The average molecular weight is 234 g/mol. The number of hydrogen-bond donors (Lipinski definition) is 2. The highest BCUT2D eigenvalue weighted by Crippen LogP contribution is 2.21. The molecule has 0 atom stereocenters. The molecule has 0 amide bonds. The van der Waals surface area contributed by atoms with Crippen LogP contribution in [-0.4, -0.2) is 9.60 Å². The van der Waals surface area contributed by atoms with Crippen molar-refractivity contribution in [3.8, 4) is 0 Å². The number of rotatable bonds is 1. The molecule has 11 heavy (non-hydrogen) atoms. The molecule has 0 radical (unpaired) electrons. The minimum Gasteiger partial charge on any atom is -0.383 e. The first-order chi connectivity index (χ1) is 5.13. The summed E-state index contributed by atoms with van der Waals surface area (Å²) in [6.45, 7) is 0. The molecule has 3 N–H and O–H groups in total. The van der Waals surface area contributed by atoms with Crippen LogP contribution in [0.1, 0.15) is 5.56 Å². The molecule has 1 aromatic rings. The summed E-state index contributed by atoms with van der Waals surface area (Å²) < 4.78 is 0.146. The molecule has 1 rings (SSSR count). The van der Waals surface area contributed by atoms with Crippen molar-refractivity contribution < 1.29 is 0 Å². The first-order valence-corrected chi connectivity index (χ1v) is 3.94. The fourth-order valence-electron chi connectivity index (χ4n) is 0.671. The smallest absolute Gasteiger partial charge is 0.134 e. The van der Waals surface area contributed by atoms with Gasteiger partial charge in [-0.3, -0.25) is 5.41 Å². The Morgan fingerprint density at radius 2 is 2.36 bits per heavy atom. The third-order valence-corrected chi connectivity index (χ3v) is 1.86. The van der Waals surface area contributed by atoms with Gasteiger partial charge in [0.15, 0.2) is 0 Å². The van der Waals surface area contributed by atoms with Crippen LogP contribution in [0.25, 0.3) is 0 Å². The Labute approximate surface area is 77.2 Å². The van der Waals surface area contributed by atoms with Crippen molar-refractivity contribution in [1.82, 2.24) is 4.98 Å². The maximum Gasteiger partial charge on any atom is 0.134 e. The lowest BCUT2D eigenvalue weighted by Crippen LogP contribution is -2.00. The van der Waals surface area contributed by atoms with Crippen molar-refractivity contribution in [3.05, 3.63) is 22.8 Å². The largest absolute Gasteiger partial charge is 0.383 e. The molecule has 0 aliphatic rings. The molecular weight excluding hydrogens is 229 g/mol. The number of halogens is 2. The van der Waals surface area contributed by atoms with Gasteiger partial charge >= 0.3 is 0 Å². The molecular formula is C6H5BrClN3. The second-order valence-corrected chi connectivity index (χ2v) is 3.07. The molecule has 3 nitrogen and oxygen atoms in total. The van der Waals surface area contributed by atoms with Crippen LogP contribution in [-0.2, 0) is 0 Å². The van der Waals surface area contributed by atoms with Crippen LogP contribution in [0.2, 0.25) is 5.02 Å². The predicted molar refractivity (Wildman–Crippen MR) is 49.4 cm³/mol. The van der Waals surface area contributed by atoms with Crippen molar-refractivity contribution in [2.75, 3.05) is 5.73 Å². The summed E-state index contributed by atoms with van der Waals surface area (Å²) in [5.74, 6) is 0.263. The number of anilines is 1. The molecule has 0 saturated carbocycles. The first-order valence-electron chi connectivity index (χ1n) is 2.77. The topological polar surface area (TPSA) is 62.8 Å². The molecule has 0 bridgehead atoms. The zero-order chi connectivity index (χ0) is 8.43. The van der Waals surface area contributed by atoms with Crippen molar-refractivity contribution in [1.29, 1.82) is 5.41 Å². The van der Waals surface area contributed by atoms with E-state index in [2.05, 4.69) is 20.9 Å². The second-order valence-electron chi connectivity index (χ2n) is 1.87. The van der Waals surface area contributed by atoms with Crippen LogP contribution in [0, 0.1) is 5.41 Å². The zero-order valence-electron chi connectivity index (χ0n) is 5.44. The molecule has 1 aromatic heterocycles. The van der Waals surface area contributed by atoms with Crippen molar-refractivity contribution in [3.63, 3.8) is 0 Å². The van der Waals surface area contributed by atoms with Crippen molar-refractivity contribution in [2.24, 2.45) is 0 Å². The van der Waals surface area contributed by atoms with Crippen LogP contribution >= 0.6 is 27.5 Å². The van der Waals surface area contributed by atoms with Gasteiger partial charge in [-0.25, -0.2) is 4.98 Å². The number of hydrogen-bond acceptors (Lipinski definition) is 3. The number of pyridine rings is 1. The number of nitrogens with two attached hydrogens (primary N) is 1. The van der Waals surface area contributed by atoms with Crippen LogP contribution in [0.15, 0.2) is 12.3 Å². The van der Waals surface area contributed by atoms with Crippen LogP contribution in [0.4, 0.5) is 5.82 Å². The summed E-state index contributed by atoms with van der Waals surface area (Å²) >= 11 is 8.70. The van der Waals surface area contributed by atoms with Crippen molar-refractivity contribution in [2.45, 2.75) is 0 Å². The van der Waals surface area contributed by atoms with Gasteiger partial charge in [0.2, 0.25) is 0 Å². The quantitative estimate of drug-likeness (QED) is 0.731. The number of nitrogen functional groups attached to an aromatic ring is 1. The summed E-state index contributed by atoms with van der Waals surface area (Å²) in [5.41, 5.74) is 5.89. The van der Waals surface area contributed by atoms with E-state index in [0.717, 1.165) is 0 Å². The maximum atomic E-state index is 7.23. The predicted octanol–water partition coefficient (Wildman–Crippen LogP) is 2.04. The second kappa shape index (κ2) is 3.19. The summed E-state index contributed by atoms with van der Waals surface area (Å²) in [4.78, 5) is 3.78. The Balaban J connectivity index is 3.32. The standard InChI is InChI=1S/C6H5BrClN3/c7-5(9)4-3(8)1-2-11-6(4)10/h1-2,9H,(H2,10,11). The first kappa shape index (κ1) is 8.49. The highest BCUT2D eigenvalue weighted by Gasteiger charge is 2.07. The Bertz CT molecular complexity index is 280. The van der Waals surface area contributed by atoms with Crippen LogP contribution < -0.4 is 5.73 Å². The molecule has 1 heterocycles. The molecule has 0 aliphatic carbocycles. The number of aromatic nitrogens is 1. The van der Waals surface area contributed by atoms with Gasteiger partial charge in [0.25, 0.3) is 0 Å².